The van der Waals surface area contributed by atoms with E-state index in [1.54, 1.807) is 7.05 Å². The normalized spacial score (nSPS) is 15.6. The van der Waals surface area contributed by atoms with Crippen LogP contribution in [0, 0.1) is 11.6 Å². The number of halogens is 3. The molecule has 0 saturated carbocycles. The van der Waals surface area contributed by atoms with Crippen molar-refractivity contribution in [1.29, 1.82) is 0 Å². The summed E-state index contributed by atoms with van der Waals surface area (Å²) in [5, 5.41) is -0.635. The maximum atomic E-state index is 13.8. The minimum absolute atomic E-state index is 0.194. The molecule has 20 heavy (non-hydrogen) atoms. The first kappa shape index (κ1) is 15.2. The molecule has 110 valence electrons. The quantitative estimate of drug-likeness (QED) is 0.799. The molecule has 0 atom stereocenters. The van der Waals surface area contributed by atoms with Crippen LogP contribution in [0.2, 0.25) is 5.02 Å². The van der Waals surface area contributed by atoms with Gasteiger partial charge in [-0.25, -0.2) is 8.78 Å². The van der Waals surface area contributed by atoms with Crippen LogP contribution in [-0.2, 0) is 0 Å². The molecule has 1 aromatic rings. The molecule has 0 bridgehead atoms. The van der Waals surface area contributed by atoms with Gasteiger partial charge in [0, 0.05) is 20.1 Å². The zero-order valence-corrected chi connectivity index (χ0v) is 12.1. The molecule has 6 heteroatoms. The first-order valence-corrected chi connectivity index (χ1v) is 7.00. The number of hydrogen-bond donors (Lipinski definition) is 0. The molecule has 0 radical (unpaired) electrons. The second-order valence-corrected chi connectivity index (χ2v) is 5.38. The largest absolute Gasteiger partial charge is 0.340 e. The van der Waals surface area contributed by atoms with Crippen molar-refractivity contribution in [3.8, 4) is 0 Å². The molecule has 0 unspecified atom stereocenters. The second-order valence-electron chi connectivity index (χ2n) is 5.00. The van der Waals surface area contributed by atoms with E-state index in [-0.39, 0.29) is 5.56 Å². The van der Waals surface area contributed by atoms with Gasteiger partial charge in [0.15, 0.2) is 5.82 Å². The van der Waals surface area contributed by atoms with Crippen molar-refractivity contribution in [2.24, 2.45) is 0 Å². The highest BCUT2D eigenvalue weighted by Crippen LogP contribution is 2.22. The van der Waals surface area contributed by atoms with Crippen LogP contribution in [0.25, 0.3) is 0 Å². The molecule has 1 aromatic carbocycles. The van der Waals surface area contributed by atoms with Crippen molar-refractivity contribution in [3.05, 3.63) is 34.4 Å². The van der Waals surface area contributed by atoms with Gasteiger partial charge in [0.2, 0.25) is 0 Å². The van der Waals surface area contributed by atoms with E-state index in [1.165, 1.54) is 17.7 Å². The Hall–Kier alpha value is -1.20. The fraction of sp³-hybridized carbons (Fsp3) is 0.500. The number of carbonyl (C=O) groups is 1. The van der Waals surface area contributed by atoms with Crippen molar-refractivity contribution in [2.45, 2.75) is 12.8 Å². The summed E-state index contributed by atoms with van der Waals surface area (Å²) in [5.74, 6) is -2.34. The maximum Gasteiger partial charge on any atom is 0.256 e. The Bertz CT molecular complexity index is 504. The van der Waals surface area contributed by atoms with Crippen LogP contribution in [0.5, 0.6) is 0 Å². The van der Waals surface area contributed by atoms with Crippen LogP contribution in [0.3, 0.4) is 0 Å². The van der Waals surface area contributed by atoms with E-state index in [9.17, 15) is 13.6 Å². The molecular weight excluding hydrogens is 286 g/mol. The highest BCUT2D eigenvalue weighted by Gasteiger charge is 2.21. The molecule has 1 aliphatic heterocycles. The lowest BCUT2D eigenvalue weighted by atomic mass is 10.2. The second kappa shape index (κ2) is 6.50. The Morgan fingerprint density at radius 1 is 1.35 bits per heavy atom. The summed E-state index contributed by atoms with van der Waals surface area (Å²) in [7, 11) is 1.61. The minimum atomic E-state index is -0.996. The van der Waals surface area contributed by atoms with Crippen LogP contribution in [0.15, 0.2) is 12.1 Å². The van der Waals surface area contributed by atoms with Crippen molar-refractivity contribution in [3.63, 3.8) is 0 Å². The zero-order chi connectivity index (χ0) is 14.7. The number of rotatable bonds is 4. The molecule has 1 heterocycles. The third-order valence-electron chi connectivity index (χ3n) is 3.56. The fourth-order valence-electron chi connectivity index (χ4n) is 2.30. The van der Waals surface area contributed by atoms with Crippen LogP contribution in [-0.4, -0.2) is 48.9 Å². The molecule has 1 fully saturated rings. The van der Waals surface area contributed by atoms with Crippen LogP contribution >= 0.6 is 11.6 Å². The summed E-state index contributed by atoms with van der Waals surface area (Å²) < 4.78 is 26.9. The van der Waals surface area contributed by atoms with Crippen LogP contribution < -0.4 is 0 Å². The Morgan fingerprint density at radius 2 is 2.00 bits per heavy atom. The summed E-state index contributed by atoms with van der Waals surface area (Å²) in [6.45, 7) is 3.35. The lowest BCUT2D eigenvalue weighted by Gasteiger charge is -2.21. The minimum Gasteiger partial charge on any atom is -0.340 e. The monoisotopic (exact) mass is 302 g/mol. The number of hydrogen-bond acceptors (Lipinski definition) is 2. The topological polar surface area (TPSA) is 23.6 Å². The number of amides is 1. The highest BCUT2D eigenvalue weighted by atomic mass is 35.5. The number of carbonyl (C=O) groups excluding carboxylic acids is 1. The number of nitrogens with zero attached hydrogens (tertiary/aromatic N) is 2. The number of benzene rings is 1. The van der Waals surface area contributed by atoms with E-state index in [0.717, 1.165) is 31.8 Å². The number of likely N-dealkylation sites (tertiary alicyclic amines) is 1. The summed E-state index contributed by atoms with van der Waals surface area (Å²) >= 11 is 5.48. The summed E-state index contributed by atoms with van der Waals surface area (Å²) in [4.78, 5) is 15.8. The van der Waals surface area contributed by atoms with Gasteiger partial charge in [0.25, 0.3) is 5.91 Å². The van der Waals surface area contributed by atoms with Crippen LogP contribution in [0.4, 0.5) is 8.78 Å². The third kappa shape index (κ3) is 3.27. The van der Waals surface area contributed by atoms with Crippen molar-refractivity contribution in [1.82, 2.24) is 9.80 Å². The van der Waals surface area contributed by atoms with E-state index >= 15 is 0 Å². The van der Waals surface area contributed by atoms with E-state index in [4.69, 9.17) is 11.6 Å². The van der Waals surface area contributed by atoms with E-state index in [0.29, 0.717) is 6.54 Å². The first-order chi connectivity index (χ1) is 9.50. The molecule has 1 saturated heterocycles. The van der Waals surface area contributed by atoms with Crippen LogP contribution in [0.1, 0.15) is 23.2 Å². The lowest BCUT2D eigenvalue weighted by molar-refractivity contribution is 0.0777. The lowest BCUT2D eigenvalue weighted by Crippen LogP contribution is -2.35. The van der Waals surface area contributed by atoms with E-state index in [2.05, 4.69) is 4.90 Å². The predicted molar refractivity (Wildman–Crippen MR) is 74.0 cm³/mol. The summed E-state index contributed by atoms with van der Waals surface area (Å²) in [5.41, 5.74) is -0.194. The highest BCUT2D eigenvalue weighted by molar-refractivity contribution is 6.31. The maximum absolute atomic E-state index is 13.8. The molecular formula is C14H17ClF2N2O. The third-order valence-corrected chi connectivity index (χ3v) is 3.91. The van der Waals surface area contributed by atoms with Gasteiger partial charge in [-0.3, -0.25) is 4.79 Å². The van der Waals surface area contributed by atoms with Gasteiger partial charge in [-0.2, -0.15) is 0 Å². The standard InChI is InChI=1S/C14H17ClF2N2O/c1-18(8-9-19-6-2-3-7-19)14(20)10-4-5-11(16)12(15)13(10)17/h4-5H,2-3,6-9H2,1H3. The average molecular weight is 303 g/mol. The molecule has 0 aliphatic carbocycles. The van der Waals surface area contributed by atoms with Gasteiger partial charge in [-0.15, -0.1) is 0 Å². The smallest absolute Gasteiger partial charge is 0.256 e. The van der Waals surface area contributed by atoms with Gasteiger partial charge in [-0.05, 0) is 38.1 Å². The van der Waals surface area contributed by atoms with Crippen molar-refractivity contribution in [2.75, 3.05) is 33.2 Å². The molecule has 3 nitrogen and oxygen atoms in total. The Morgan fingerprint density at radius 3 is 2.65 bits per heavy atom. The summed E-state index contributed by atoms with van der Waals surface area (Å²) in [6.07, 6.45) is 2.36. The van der Waals surface area contributed by atoms with Gasteiger partial charge in [0.05, 0.1) is 5.56 Å². The average Bonchev–Trinajstić information content (AvgIpc) is 2.95. The van der Waals surface area contributed by atoms with Gasteiger partial charge in [-0.1, -0.05) is 11.6 Å². The van der Waals surface area contributed by atoms with Gasteiger partial charge in [0.1, 0.15) is 10.8 Å². The van der Waals surface area contributed by atoms with E-state index in [1.807, 2.05) is 0 Å². The molecule has 1 amide bonds. The molecule has 2 rings (SSSR count). The van der Waals surface area contributed by atoms with Crippen molar-refractivity contribution < 1.29 is 13.6 Å². The Labute approximate surface area is 122 Å². The van der Waals surface area contributed by atoms with Gasteiger partial charge < -0.3 is 9.80 Å². The SMILES string of the molecule is CN(CCN1CCCC1)C(=O)c1ccc(F)c(Cl)c1F. The molecule has 0 spiro atoms. The Balaban J connectivity index is 2.01. The fourth-order valence-corrected chi connectivity index (χ4v) is 2.46. The zero-order valence-electron chi connectivity index (χ0n) is 11.3. The Kier molecular flexibility index (Phi) is 4.94. The predicted octanol–water partition coefficient (Wildman–Crippen LogP) is 2.79. The molecule has 0 aromatic heterocycles. The van der Waals surface area contributed by atoms with Crippen molar-refractivity contribution >= 4 is 17.5 Å². The van der Waals surface area contributed by atoms with Gasteiger partial charge >= 0.3 is 0 Å². The number of likely N-dealkylation sites (N-methyl/N-ethyl adjacent to an activating group) is 1. The summed E-state index contributed by atoms with van der Waals surface area (Å²) in [6, 6.07) is 2.14. The first-order valence-electron chi connectivity index (χ1n) is 6.62. The van der Waals surface area contributed by atoms with E-state index < -0.39 is 22.6 Å². The molecule has 0 N–H and O–H groups in total. The molecule has 1 aliphatic rings.